The molecule has 0 unspecified atom stereocenters. The van der Waals surface area contributed by atoms with E-state index in [2.05, 4.69) is 10.6 Å². The highest BCUT2D eigenvalue weighted by atomic mass is 16.3. The first kappa shape index (κ1) is 16.0. The van der Waals surface area contributed by atoms with Crippen molar-refractivity contribution in [2.24, 2.45) is 0 Å². The van der Waals surface area contributed by atoms with Crippen LogP contribution in [0.15, 0.2) is 24.3 Å². The van der Waals surface area contributed by atoms with Gasteiger partial charge in [0, 0.05) is 25.6 Å². The van der Waals surface area contributed by atoms with Crippen molar-refractivity contribution in [3.63, 3.8) is 0 Å². The SMILES string of the molecule is CC(=O)NCCCCCNC(=O)Cc1ccccc1O. The number of nitrogens with one attached hydrogen (secondary N) is 2. The van der Waals surface area contributed by atoms with E-state index in [-0.39, 0.29) is 24.0 Å². The molecule has 0 aromatic heterocycles. The zero-order chi connectivity index (χ0) is 14.8. The molecule has 0 fully saturated rings. The Hall–Kier alpha value is -2.04. The van der Waals surface area contributed by atoms with Crippen LogP contribution in [-0.2, 0) is 16.0 Å². The predicted molar refractivity (Wildman–Crippen MR) is 77.4 cm³/mol. The molecule has 0 aliphatic rings. The van der Waals surface area contributed by atoms with Crippen LogP contribution in [0.3, 0.4) is 0 Å². The maximum Gasteiger partial charge on any atom is 0.224 e. The Balaban J connectivity index is 2.09. The molecule has 0 heterocycles. The molecule has 5 nitrogen and oxygen atoms in total. The third kappa shape index (κ3) is 6.78. The van der Waals surface area contributed by atoms with Crippen molar-refractivity contribution in [1.29, 1.82) is 0 Å². The van der Waals surface area contributed by atoms with Crippen molar-refractivity contribution in [1.82, 2.24) is 10.6 Å². The van der Waals surface area contributed by atoms with E-state index in [4.69, 9.17) is 0 Å². The first-order chi connectivity index (χ1) is 9.59. The molecule has 20 heavy (non-hydrogen) atoms. The standard InChI is InChI=1S/C15H22N2O3/c1-12(18)16-9-5-2-6-10-17-15(20)11-13-7-3-4-8-14(13)19/h3-4,7-8,19H,2,5-6,9-11H2,1H3,(H,16,18)(H,17,20). The fourth-order valence-corrected chi connectivity index (χ4v) is 1.81. The van der Waals surface area contributed by atoms with Crippen molar-refractivity contribution in [3.8, 4) is 5.75 Å². The van der Waals surface area contributed by atoms with Gasteiger partial charge in [-0.1, -0.05) is 18.2 Å². The van der Waals surface area contributed by atoms with Gasteiger partial charge in [-0.05, 0) is 25.3 Å². The minimum absolute atomic E-state index is 0.0130. The van der Waals surface area contributed by atoms with Crippen LogP contribution in [0.4, 0.5) is 0 Å². The Morgan fingerprint density at radius 1 is 1.05 bits per heavy atom. The molecule has 0 aliphatic heterocycles. The summed E-state index contributed by atoms with van der Waals surface area (Å²) >= 11 is 0. The summed E-state index contributed by atoms with van der Waals surface area (Å²) in [5.41, 5.74) is 0.635. The van der Waals surface area contributed by atoms with E-state index < -0.39 is 0 Å². The highest BCUT2D eigenvalue weighted by Gasteiger charge is 2.06. The van der Waals surface area contributed by atoms with Gasteiger partial charge in [0.1, 0.15) is 5.75 Å². The monoisotopic (exact) mass is 278 g/mol. The number of amides is 2. The maximum atomic E-state index is 11.7. The zero-order valence-electron chi connectivity index (χ0n) is 11.8. The maximum absolute atomic E-state index is 11.7. The predicted octanol–water partition coefficient (Wildman–Crippen LogP) is 1.36. The van der Waals surface area contributed by atoms with E-state index in [1.165, 1.54) is 6.92 Å². The van der Waals surface area contributed by atoms with Crippen molar-refractivity contribution in [2.45, 2.75) is 32.6 Å². The quantitative estimate of drug-likeness (QED) is 0.628. The lowest BCUT2D eigenvalue weighted by molar-refractivity contribution is -0.120. The molecule has 0 radical (unpaired) electrons. The molecule has 1 aromatic rings. The number of phenols is 1. The third-order valence-electron chi connectivity index (χ3n) is 2.89. The molecule has 1 aromatic carbocycles. The van der Waals surface area contributed by atoms with Crippen molar-refractivity contribution in [3.05, 3.63) is 29.8 Å². The van der Waals surface area contributed by atoms with Crippen LogP contribution in [0.2, 0.25) is 0 Å². The number of hydrogen-bond acceptors (Lipinski definition) is 3. The van der Waals surface area contributed by atoms with Crippen LogP contribution >= 0.6 is 0 Å². The summed E-state index contributed by atoms with van der Waals surface area (Å²) in [5, 5.41) is 15.1. The van der Waals surface area contributed by atoms with Gasteiger partial charge in [-0.2, -0.15) is 0 Å². The Morgan fingerprint density at radius 3 is 2.35 bits per heavy atom. The average Bonchev–Trinajstić information content (AvgIpc) is 2.40. The number of para-hydroxylation sites is 1. The summed E-state index contributed by atoms with van der Waals surface area (Å²) in [6.45, 7) is 2.80. The Kier molecular flexibility index (Phi) is 7.17. The summed E-state index contributed by atoms with van der Waals surface area (Å²) in [5.74, 6) is 0.0484. The fraction of sp³-hybridized carbons (Fsp3) is 0.467. The lowest BCUT2D eigenvalue weighted by Crippen LogP contribution is -2.26. The van der Waals surface area contributed by atoms with E-state index in [1.54, 1.807) is 24.3 Å². The van der Waals surface area contributed by atoms with Gasteiger partial charge in [-0.3, -0.25) is 9.59 Å². The van der Waals surface area contributed by atoms with Crippen LogP contribution < -0.4 is 10.6 Å². The van der Waals surface area contributed by atoms with E-state index in [9.17, 15) is 14.7 Å². The number of unbranched alkanes of at least 4 members (excludes halogenated alkanes) is 2. The molecular formula is C15H22N2O3. The van der Waals surface area contributed by atoms with Gasteiger partial charge in [0.05, 0.1) is 6.42 Å². The average molecular weight is 278 g/mol. The highest BCUT2D eigenvalue weighted by molar-refractivity contribution is 5.79. The molecule has 3 N–H and O–H groups in total. The molecule has 2 amide bonds. The van der Waals surface area contributed by atoms with Crippen LogP contribution in [0.1, 0.15) is 31.7 Å². The molecule has 0 aliphatic carbocycles. The van der Waals surface area contributed by atoms with Crippen LogP contribution in [-0.4, -0.2) is 30.0 Å². The first-order valence-electron chi connectivity index (χ1n) is 6.87. The minimum atomic E-state index is -0.0895. The Morgan fingerprint density at radius 2 is 1.70 bits per heavy atom. The number of phenolic OH excluding ortho intramolecular Hbond substituents is 1. The van der Waals surface area contributed by atoms with Gasteiger partial charge in [0.15, 0.2) is 0 Å². The molecule has 5 heteroatoms. The molecule has 110 valence electrons. The van der Waals surface area contributed by atoms with E-state index >= 15 is 0 Å². The number of carbonyl (C=O) groups excluding carboxylic acids is 2. The Bertz CT molecular complexity index is 446. The first-order valence-corrected chi connectivity index (χ1v) is 6.87. The van der Waals surface area contributed by atoms with Crippen LogP contribution in [0.5, 0.6) is 5.75 Å². The molecule has 0 saturated carbocycles. The van der Waals surface area contributed by atoms with E-state index in [0.29, 0.717) is 18.7 Å². The van der Waals surface area contributed by atoms with Crippen LogP contribution in [0, 0.1) is 0 Å². The normalized spacial score (nSPS) is 10.1. The number of hydrogen-bond donors (Lipinski definition) is 3. The summed E-state index contributed by atoms with van der Waals surface area (Å²) < 4.78 is 0. The molecule has 0 atom stereocenters. The minimum Gasteiger partial charge on any atom is -0.508 e. The lowest BCUT2D eigenvalue weighted by Gasteiger charge is -2.07. The van der Waals surface area contributed by atoms with Gasteiger partial charge in [-0.15, -0.1) is 0 Å². The summed E-state index contributed by atoms with van der Waals surface area (Å²) in [6.07, 6.45) is 2.94. The number of aromatic hydroxyl groups is 1. The number of benzene rings is 1. The number of carbonyl (C=O) groups is 2. The Labute approximate surface area is 119 Å². The number of rotatable bonds is 8. The van der Waals surface area contributed by atoms with Gasteiger partial charge < -0.3 is 15.7 Å². The van der Waals surface area contributed by atoms with Crippen LogP contribution in [0.25, 0.3) is 0 Å². The van der Waals surface area contributed by atoms with Gasteiger partial charge in [0.2, 0.25) is 11.8 Å². The second-order valence-corrected chi connectivity index (χ2v) is 4.70. The topological polar surface area (TPSA) is 78.4 Å². The van der Waals surface area contributed by atoms with Gasteiger partial charge >= 0.3 is 0 Å². The second-order valence-electron chi connectivity index (χ2n) is 4.70. The molecule has 0 spiro atoms. The molecule has 1 rings (SSSR count). The summed E-state index contributed by atoms with van der Waals surface area (Å²) in [6, 6.07) is 6.84. The lowest BCUT2D eigenvalue weighted by atomic mass is 10.1. The van der Waals surface area contributed by atoms with Gasteiger partial charge in [-0.25, -0.2) is 0 Å². The smallest absolute Gasteiger partial charge is 0.224 e. The highest BCUT2D eigenvalue weighted by Crippen LogP contribution is 2.15. The largest absolute Gasteiger partial charge is 0.508 e. The molecule has 0 bridgehead atoms. The second kappa shape index (κ2) is 8.96. The van der Waals surface area contributed by atoms with E-state index in [1.807, 2.05) is 0 Å². The van der Waals surface area contributed by atoms with E-state index in [0.717, 1.165) is 19.3 Å². The third-order valence-corrected chi connectivity index (χ3v) is 2.89. The molecular weight excluding hydrogens is 256 g/mol. The summed E-state index contributed by atoms with van der Waals surface area (Å²) in [4.78, 5) is 22.3. The fourth-order valence-electron chi connectivity index (χ4n) is 1.81. The summed E-state index contributed by atoms with van der Waals surface area (Å²) in [7, 11) is 0. The van der Waals surface area contributed by atoms with Crippen molar-refractivity contribution >= 4 is 11.8 Å². The van der Waals surface area contributed by atoms with Crippen molar-refractivity contribution < 1.29 is 14.7 Å². The van der Waals surface area contributed by atoms with Crippen molar-refractivity contribution in [2.75, 3.05) is 13.1 Å². The van der Waals surface area contributed by atoms with Gasteiger partial charge in [0.25, 0.3) is 0 Å². The molecule has 0 saturated heterocycles. The zero-order valence-corrected chi connectivity index (χ0v) is 11.8.